The second-order valence-electron chi connectivity index (χ2n) is 4.70. The van der Waals surface area contributed by atoms with E-state index in [9.17, 15) is 0 Å². The molecule has 3 heterocycles. The zero-order valence-electron chi connectivity index (χ0n) is 10.5. The van der Waals surface area contributed by atoms with Gasteiger partial charge < -0.3 is 4.42 Å². The van der Waals surface area contributed by atoms with Crippen LogP contribution in [0, 0.1) is 0 Å². The molecule has 0 unspecified atom stereocenters. The van der Waals surface area contributed by atoms with Gasteiger partial charge in [0.25, 0.3) is 5.89 Å². The maximum Gasteiger partial charge on any atom is 0.257 e. The highest BCUT2D eigenvalue weighted by atomic mass is 32.1. The molecule has 1 aliphatic rings. The van der Waals surface area contributed by atoms with Crippen molar-refractivity contribution in [3.05, 3.63) is 23.4 Å². The fourth-order valence-electron chi connectivity index (χ4n) is 2.37. The number of hydrogen-bond donors (Lipinski definition) is 0. The van der Waals surface area contributed by atoms with Gasteiger partial charge in [-0.25, -0.2) is 0 Å². The summed E-state index contributed by atoms with van der Waals surface area (Å²) in [5, 5.41) is 10.4. The van der Waals surface area contributed by atoms with Crippen LogP contribution in [0.2, 0.25) is 0 Å². The normalized spacial score (nSPS) is 18.9. The lowest BCUT2D eigenvalue weighted by Gasteiger charge is -2.30. The highest BCUT2D eigenvalue weighted by Crippen LogP contribution is 2.28. The van der Waals surface area contributed by atoms with E-state index in [1.165, 1.54) is 19.3 Å². The molecular formula is C13H17N3OS. The van der Waals surface area contributed by atoms with E-state index in [0.717, 1.165) is 23.9 Å². The molecule has 4 nitrogen and oxygen atoms in total. The first kappa shape index (κ1) is 11.9. The molecule has 0 aliphatic carbocycles. The second kappa shape index (κ2) is 5.20. The van der Waals surface area contributed by atoms with Crippen LogP contribution in [0.25, 0.3) is 10.8 Å². The molecule has 0 radical (unpaired) electrons. The van der Waals surface area contributed by atoms with Crippen molar-refractivity contribution >= 4 is 11.3 Å². The van der Waals surface area contributed by atoms with Gasteiger partial charge in [-0.15, -0.1) is 21.5 Å². The molecule has 0 aromatic carbocycles. The molecule has 0 amide bonds. The average molecular weight is 263 g/mol. The van der Waals surface area contributed by atoms with Gasteiger partial charge in [-0.2, -0.15) is 0 Å². The Labute approximate surface area is 111 Å². The molecule has 5 heteroatoms. The molecular weight excluding hydrogens is 246 g/mol. The topological polar surface area (TPSA) is 42.2 Å². The van der Waals surface area contributed by atoms with Crippen LogP contribution >= 0.6 is 11.3 Å². The predicted octanol–water partition coefficient (Wildman–Crippen LogP) is 3.35. The van der Waals surface area contributed by atoms with Crippen molar-refractivity contribution in [2.24, 2.45) is 0 Å². The third-order valence-corrected chi connectivity index (χ3v) is 4.33. The van der Waals surface area contributed by atoms with Gasteiger partial charge in [0.05, 0.1) is 10.9 Å². The van der Waals surface area contributed by atoms with Crippen molar-refractivity contribution < 1.29 is 4.42 Å². The van der Waals surface area contributed by atoms with Gasteiger partial charge in [0.15, 0.2) is 0 Å². The van der Waals surface area contributed by atoms with Gasteiger partial charge in [-0.05, 0) is 44.3 Å². The number of nitrogens with zero attached hydrogens (tertiary/aromatic N) is 3. The van der Waals surface area contributed by atoms with Crippen LogP contribution in [-0.2, 0) is 0 Å². The van der Waals surface area contributed by atoms with Crippen LogP contribution < -0.4 is 0 Å². The van der Waals surface area contributed by atoms with Crippen LogP contribution in [0.15, 0.2) is 21.9 Å². The lowest BCUT2D eigenvalue weighted by molar-refractivity contribution is 0.153. The monoisotopic (exact) mass is 263 g/mol. The minimum atomic E-state index is 0.228. The Morgan fingerprint density at radius 1 is 1.28 bits per heavy atom. The number of thiophene rings is 1. The Kier molecular flexibility index (Phi) is 3.43. The molecule has 3 rings (SSSR count). The zero-order valence-corrected chi connectivity index (χ0v) is 11.3. The molecule has 2 aromatic heterocycles. The van der Waals surface area contributed by atoms with Gasteiger partial charge in [0.2, 0.25) is 5.89 Å². The van der Waals surface area contributed by atoms with Gasteiger partial charge in [0.1, 0.15) is 0 Å². The summed E-state index contributed by atoms with van der Waals surface area (Å²) in [5.74, 6) is 1.38. The van der Waals surface area contributed by atoms with Crippen LogP contribution in [0.3, 0.4) is 0 Å². The minimum absolute atomic E-state index is 0.228. The predicted molar refractivity (Wildman–Crippen MR) is 71.5 cm³/mol. The molecule has 96 valence electrons. The van der Waals surface area contributed by atoms with E-state index in [2.05, 4.69) is 22.0 Å². The van der Waals surface area contributed by atoms with E-state index in [1.54, 1.807) is 11.3 Å². The second-order valence-corrected chi connectivity index (χ2v) is 5.64. The fraction of sp³-hybridized carbons (Fsp3) is 0.538. The highest BCUT2D eigenvalue weighted by molar-refractivity contribution is 7.13. The number of likely N-dealkylation sites (tertiary alicyclic amines) is 1. The summed E-state index contributed by atoms with van der Waals surface area (Å²) in [6.45, 7) is 4.42. The molecule has 18 heavy (non-hydrogen) atoms. The molecule has 1 aliphatic heterocycles. The average Bonchev–Trinajstić information content (AvgIpc) is 3.09. The zero-order chi connectivity index (χ0) is 12.4. The van der Waals surface area contributed by atoms with E-state index in [-0.39, 0.29) is 6.04 Å². The van der Waals surface area contributed by atoms with Gasteiger partial charge in [0, 0.05) is 0 Å². The van der Waals surface area contributed by atoms with Crippen molar-refractivity contribution in [1.29, 1.82) is 0 Å². The summed E-state index contributed by atoms with van der Waals surface area (Å²) in [7, 11) is 0. The van der Waals surface area contributed by atoms with Crippen molar-refractivity contribution in [3.8, 4) is 10.8 Å². The first-order valence-electron chi connectivity index (χ1n) is 6.46. The lowest BCUT2D eigenvalue weighted by atomic mass is 10.1. The Morgan fingerprint density at radius 3 is 2.83 bits per heavy atom. The standard InChI is InChI=1S/C13H17N3OS/c1-10(16-7-3-2-4-8-16)12-14-15-13(17-12)11-6-5-9-18-11/h5-6,9-10H,2-4,7-8H2,1H3/t10-/m0/s1. The van der Waals surface area contributed by atoms with Gasteiger partial charge in [-0.3, -0.25) is 4.90 Å². The molecule has 0 saturated carbocycles. The molecule has 0 N–H and O–H groups in total. The van der Waals surface area contributed by atoms with Crippen LogP contribution in [0.4, 0.5) is 0 Å². The molecule has 0 spiro atoms. The van der Waals surface area contributed by atoms with Crippen LogP contribution in [0.5, 0.6) is 0 Å². The fourth-order valence-corrected chi connectivity index (χ4v) is 3.01. The summed E-state index contributed by atoms with van der Waals surface area (Å²) < 4.78 is 5.79. The maximum atomic E-state index is 5.79. The number of rotatable bonds is 3. The molecule has 0 bridgehead atoms. The molecule has 1 saturated heterocycles. The molecule has 2 aromatic rings. The Morgan fingerprint density at radius 2 is 2.11 bits per heavy atom. The van der Waals surface area contributed by atoms with Crippen molar-refractivity contribution in [1.82, 2.24) is 15.1 Å². The van der Waals surface area contributed by atoms with Gasteiger partial charge >= 0.3 is 0 Å². The summed E-state index contributed by atoms with van der Waals surface area (Å²) in [4.78, 5) is 3.47. The van der Waals surface area contributed by atoms with Gasteiger partial charge in [-0.1, -0.05) is 12.5 Å². The smallest absolute Gasteiger partial charge is 0.257 e. The maximum absolute atomic E-state index is 5.79. The summed E-state index contributed by atoms with van der Waals surface area (Å²) in [6.07, 6.45) is 3.89. The van der Waals surface area contributed by atoms with E-state index < -0.39 is 0 Å². The Bertz CT molecular complexity index is 488. The third-order valence-electron chi connectivity index (χ3n) is 3.47. The Hall–Kier alpha value is -1.20. The van der Waals surface area contributed by atoms with Crippen LogP contribution in [-0.4, -0.2) is 28.2 Å². The quantitative estimate of drug-likeness (QED) is 0.851. The summed E-state index contributed by atoms with van der Waals surface area (Å²) in [6, 6.07) is 4.23. The first-order chi connectivity index (χ1) is 8.84. The highest BCUT2D eigenvalue weighted by Gasteiger charge is 2.23. The van der Waals surface area contributed by atoms with E-state index in [0.29, 0.717) is 5.89 Å². The molecule has 1 atom stereocenters. The number of aromatic nitrogens is 2. The summed E-state index contributed by atoms with van der Waals surface area (Å²) in [5.41, 5.74) is 0. The van der Waals surface area contributed by atoms with Crippen molar-refractivity contribution in [2.75, 3.05) is 13.1 Å². The molecule has 1 fully saturated rings. The third kappa shape index (κ3) is 2.33. The number of hydrogen-bond acceptors (Lipinski definition) is 5. The number of piperidine rings is 1. The lowest BCUT2D eigenvalue weighted by Crippen LogP contribution is -2.32. The van der Waals surface area contributed by atoms with Crippen LogP contribution in [0.1, 0.15) is 38.1 Å². The largest absolute Gasteiger partial charge is 0.418 e. The van der Waals surface area contributed by atoms with Crippen molar-refractivity contribution in [3.63, 3.8) is 0 Å². The van der Waals surface area contributed by atoms with E-state index in [1.807, 2.05) is 17.5 Å². The van der Waals surface area contributed by atoms with E-state index >= 15 is 0 Å². The van der Waals surface area contributed by atoms with E-state index in [4.69, 9.17) is 4.42 Å². The SMILES string of the molecule is C[C@@H](c1nnc(-c2cccs2)o1)N1CCCCC1. The minimum Gasteiger partial charge on any atom is -0.418 e. The Balaban J connectivity index is 1.76. The van der Waals surface area contributed by atoms with Crippen molar-refractivity contribution in [2.45, 2.75) is 32.2 Å². The first-order valence-corrected chi connectivity index (χ1v) is 7.34. The summed E-state index contributed by atoms with van der Waals surface area (Å²) >= 11 is 1.63.